The van der Waals surface area contributed by atoms with Crippen LogP contribution in [0.4, 0.5) is 0 Å². The first-order valence-electron chi connectivity index (χ1n) is 6.63. The molecule has 2 aromatic carbocycles. The number of fused-ring (bicyclic) bond motifs is 1. The number of likely N-dealkylation sites (N-methyl/N-ethyl adjacent to an activating group) is 1. The molecule has 20 heavy (non-hydrogen) atoms. The van der Waals surface area contributed by atoms with Crippen LogP contribution in [0, 0.1) is 0 Å². The molecule has 0 amide bonds. The van der Waals surface area contributed by atoms with Crippen LogP contribution in [0.25, 0.3) is 10.8 Å². The van der Waals surface area contributed by atoms with E-state index in [0.29, 0.717) is 6.54 Å². The maximum absolute atomic E-state index is 12.3. The Morgan fingerprint density at radius 3 is 2.55 bits per heavy atom. The van der Waals surface area contributed by atoms with Crippen LogP contribution in [0.3, 0.4) is 0 Å². The summed E-state index contributed by atoms with van der Waals surface area (Å²) in [5, 5.41) is 14.6. The number of hydrogen-bond acceptors (Lipinski definition) is 4. The van der Waals surface area contributed by atoms with Gasteiger partial charge in [-0.3, -0.25) is 0 Å². The molecule has 0 fully saturated rings. The second-order valence-corrected chi connectivity index (χ2v) is 6.79. The molecular formula is C15H19NO3S. The van der Waals surface area contributed by atoms with E-state index in [0.717, 1.165) is 10.8 Å². The summed E-state index contributed by atoms with van der Waals surface area (Å²) in [6, 6.07) is 12.6. The van der Waals surface area contributed by atoms with Crippen LogP contribution >= 0.6 is 0 Å². The monoisotopic (exact) mass is 293 g/mol. The first-order chi connectivity index (χ1) is 9.53. The zero-order valence-corrected chi connectivity index (χ0v) is 12.2. The van der Waals surface area contributed by atoms with E-state index in [1.165, 1.54) is 0 Å². The molecule has 108 valence electrons. The molecule has 2 aromatic rings. The quantitative estimate of drug-likeness (QED) is 0.848. The molecule has 0 heterocycles. The van der Waals surface area contributed by atoms with Crippen molar-refractivity contribution in [3.8, 4) is 0 Å². The minimum Gasteiger partial charge on any atom is -0.391 e. The topological polar surface area (TPSA) is 66.4 Å². The lowest BCUT2D eigenvalue weighted by molar-refractivity contribution is 0.194. The number of nitrogens with one attached hydrogen (secondary N) is 1. The van der Waals surface area contributed by atoms with E-state index in [4.69, 9.17) is 0 Å². The normalized spacial score (nSPS) is 13.5. The summed E-state index contributed by atoms with van der Waals surface area (Å²) in [6.45, 7) is 2.89. The Morgan fingerprint density at radius 1 is 1.15 bits per heavy atom. The van der Waals surface area contributed by atoms with Gasteiger partial charge in [-0.2, -0.15) is 0 Å². The lowest BCUT2D eigenvalue weighted by atomic mass is 10.1. The van der Waals surface area contributed by atoms with Crippen LogP contribution in [0.5, 0.6) is 0 Å². The molecule has 2 N–H and O–H groups in total. The fraction of sp³-hybridized carbons (Fsp3) is 0.333. The molecule has 0 bridgehead atoms. The van der Waals surface area contributed by atoms with E-state index in [2.05, 4.69) is 5.32 Å². The molecule has 0 aliphatic carbocycles. The van der Waals surface area contributed by atoms with E-state index >= 15 is 0 Å². The number of sulfone groups is 1. The molecule has 0 aliphatic heterocycles. The third-order valence-corrected chi connectivity index (χ3v) is 4.92. The molecule has 2 rings (SSSR count). The van der Waals surface area contributed by atoms with Crippen molar-refractivity contribution in [1.29, 1.82) is 0 Å². The molecule has 0 saturated heterocycles. The zero-order chi connectivity index (χ0) is 14.6. The number of aliphatic hydroxyl groups excluding tert-OH is 1. The van der Waals surface area contributed by atoms with Gasteiger partial charge in [-0.15, -0.1) is 0 Å². The minimum absolute atomic E-state index is 0.256. The number of rotatable bonds is 6. The van der Waals surface area contributed by atoms with E-state index in [1.807, 2.05) is 31.2 Å². The van der Waals surface area contributed by atoms with Crippen molar-refractivity contribution in [2.45, 2.75) is 17.9 Å². The van der Waals surface area contributed by atoms with Crippen molar-refractivity contribution < 1.29 is 13.5 Å². The fourth-order valence-electron chi connectivity index (χ4n) is 2.08. The van der Waals surface area contributed by atoms with Crippen molar-refractivity contribution >= 4 is 20.6 Å². The highest BCUT2D eigenvalue weighted by molar-refractivity contribution is 7.91. The summed E-state index contributed by atoms with van der Waals surface area (Å²) in [6.07, 6.45) is -0.897. The average molecular weight is 293 g/mol. The second kappa shape index (κ2) is 6.35. The summed E-state index contributed by atoms with van der Waals surface area (Å²) in [7, 11) is -3.47. The predicted molar refractivity (Wildman–Crippen MR) is 80.6 cm³/mol. The summed E-state index contributed by atoms with van der Waals surface area (Å²) >= 11 is 0. The third-order valence-electron chi connectivity index (χ3n) is 3.12. The molecule has 0 radical (unpaired) electrons. The highest BCUT2D eigenvalue weighted by atomic mass is 32.2. The molecule has 0 spiro atoms. The third kappa shape index (κ3) is 3.56. The van der Waals surface area contributed by atoms with Crippen LogP contribution in [0.2, 0.25) is 0 Å². The van der Waals surface area contributed by atoms with Crippen molar-refractivity contribution in [1.82, 2.24) is 5.32 Å². The van der Waals surface area contributed by atoms with Gasteiger partial charge in [0.1, 0.15) is 0 Å². The maximum Gasteiger partial charge on any atom is 0.180 e. The highest BCUT2D eigenvalue weighted by Gasteiger charge is 2.19. The Labute approximate surface area is 119 Å². The SMILES string of the molecule is CCNCC(O)CS(=O)(=O)c1ccc2ccccc2c1. The first-order valence-corrected chi connectivity index (χ1v) is 8.28. The second-order valence-electron chi connectivity index (χ2n) is 4.75. The summed E-state index contributed by atoms with van der Waals surface area (Å²) < 4.78 is 24.5. The minimum atomic E-state index is -3.47. The van der Waals surface area contributed by atoms with Gasteiger partial charge >= 0.3 is 0 Å². The Bertz CT molecular complexity index is 682. The van der Waals surface area contributed by atoms with E-state index in [-0.39, 0.29) is 17.2 Å². The molecule has 0 aliphatic rings. The Kier molecular flexibility index (Phi) is 4.75. The molecule has 1 atom stereocenters. The molecule has 0 saturated carbocycles. The van der Waals surface area contributed by atoms with Crippen LogP contribution in [0.15, 0.2) is 47.4 Å². The molecule has 5 heteroatoms. The van der Waals surface area contributed by atoms with E-state index in [1.54, 1.807) is 18.2 Å². The summed E-state index contributed by atoms with van der Waals surface area (Å²) in [5.74, 6) is -0.266. The van der Waals surface area contributed by atoms with Gasteiger partial charge in [0.25, 0.3) is 0 Å². The standard InChI is InChI=1S/C15H19NO3S/c1-2-16-10-14(17)11-20(18,19)15-8-7-12-5-3-4-6-13(12)9-15/h3-9,14,16-17H,2,10-11H2,1H3. The van der Waals surface area contributed by atoms with Crippen LogP contribution in [0.1, 0.15) is 6.92 Å². The smallest absolute Gasteiger partial charge is 0.180 e. The molecule has 4 nitrogen and oxygen atoms in total. The van der Waals surface area contributed by atoms with Gasteiger partial charge in [-0.25, -0.2) is 8.42 Å². The first kappa shape index (κ1) is 15.0. The van der Waals surface area contributed by atoms with Gasteiger partial charge in [0.2, 0.25) is 0 Å². The van der Waals surface area contributed by atoms with Gasteiger partial charge in [0.05, 0.1) is 16.8 Å². The largest absolute Gasteiger partial charge is 0.391 e. The lowest BCUT2D eigenvalue weighted by Gasteiger charge is -2.12. The van der Waals surface area contributed by atoms with Gasteiger partial charge in [-0.1, -0.05) is 37.3 Å². The fourth-order valence-corrected chi connectivity index (χ4v) is 3.48. The van der Waals surface area contributed by atoms with Gasteiger partial charge in [0, 0.05) is 6.54 Å². The van der Waals surface area contributed by atoms with Gasteiger partial charge in [0.15, 0.2) is 9.84 Å². The van der Waals surface area contributed by atoms with Crippen molar-refractivity contribution in [3.63, 3.8) is 0 Å². The van der Waals surface area contributed by atoms with Crippen LogP contribution < -0.4 is 5.32 Å². The zero-order valence-electron chi connectivity index (χ0n) is 11.4. The van der Waals surface area contributed by atoms with Crippen molar-refractivity contribution in [2.75, 3.05) is 18.8 Å². The molecule has 0 aromatic heterocycles. The Balaban J connectivity index is 2.23. The summed E-state index contributed by atoms with van der Waals surface area (Å²) in [5.41, 5.74) is 0. The molecular weight excluding hydrogens is 274 g/mol. The van der Waals surface area contributed by atoms with Crippen molar-refractivity contribution in [3.05, 3.63) is 42.5 Å². The Morgan fingerprint density at radius 2 is 1.85 bits per heavy atom. The van der Waals surface area contributed by atoms with Crippen LogP contribution in [-0.4, -0.2) is 38.5 Å². The van der Waals surface area contributed by atoms with Crippen molar-refractivity contribution in [2.24, 2.45) is 0 Å². The number of benzene rings is 2. The summed E-state index contributed by atoms with van der Waals surface area (Å²) in [4.78, 5) is 0.256. The lowest BCUT2D eigenvalue weighted by Crippen LogP contribution is -2.32. The Hall–Kier alpha value is -1.43. The van der Waals surface area contributed by atoms with Gasteiger partial charge in [-0.05, 0) is 29.4 Å². The van der Waals surface area contributed by atoms with Crippen LogP contribution in [-0.2, 0) is 9.84 Å². The average Bonchev–Trinajstić information content (AvgIpc) is 2.44. The number of aliphatic hydroxyl groups is 1. The van der Waals surface area contributed by atoms with E-state index in [9.17, 15) is 13.5 Å². The van der Waals surface area contributed by atoms with E-state index < -0.39 is 15.9 Å². The van der Waals surface area contributed by atoms with Gasteiger partial charge < -0.3 is 10.4 Å². The number of hydrogen-bond donors (Lipinski definition) is 2. The maximum atomic E-state index is 12.3. The molecule has 1 unspecified atom stereocenters. The highest BCUT2D eigenvalue weighted by Crippen LogP contribution is 2.20. The predicted octanol–water partition coefficient (Wildman–Crippen LogP) is 1.58.